The van der Waals surface area contributed by atoms with Crippen LogP contribution in [0.2, 0.25) is 5.02 Å². The zero-order chi connectivity index (χ0) is 13.9. The summed E-state index contributed by atoms with van der Waals surface area (Å²) in [4.78, 5) is 7.20. The first kappa shape index (κ1) is 14.0. The average Bonchev–Trinajstić information content (AvgIpc) is 2.88. The quantitative estimate of drug-likeness (QED) is 0.943. The van der Waals surface area contributed by atoms with Gasteiger partial charge in [0.15, 0.2) is 0 Å². The normalized spacial score (nSPS) is 20.2. The number of thiazole rings is 1. The number of nitrogens with zero attached hydrogens (tertiary/aromatic N) is 2. The molecule has 2 aromatic rings. The number of nitrogens with one attached hydrogen (secondary N) is 1. The van der Waals surface area contributed by atoms with E-state index in [9.17, 15) is 0 Å². The highest BCUT2D eigenvalue weighted by molar-refractivity contribution is 7.13. The highest BCUT2D eigenvalue weighted by Gasteiger charge is 2.16. The van der Waals surface area contributed by atoms with Crippen molar-refractivity contribution >= 4 is 22.9 Å². The highest BCUT2D eigenvalue weighted by atomic mass is 35.5. The van der Waals surface area contributed by atoms with E-state index >= 15 is 0 Å². The Hall–Kier alpha value is -0.940. The Morgan fingerprint density at radius 3 is 2.95 bits per heavy atom. The molecule has 3 rings (SSSR count). The Kier molecular flexibility index (Phi) is 4.36. The monoisotopic (exact) mass is 307 g/mol. The molecule has 106 valence electrons. The topological polar surface area (TPSA) is 28.2 Å². The highest BCUT2D eigenvalue weighted by Crippen LogP contribution is 2.25. The van der Waals surface area contributed by atoms with Crippen molar-refractivity contribution in [2.45, 2.75) is 19.5 Å². The number of halogens is 1. The van der Waals surface area contributed by atoms with Crippen LogP contribution in [0.5, 0.6) is 0 Å². The lowest BCUT2D eigenvalue weighted by atomic mass is 10.2. The maximum atomic E-state index is 5.92. The minimum Gasteiger partial charge on any atom is -0.312 e. The molecule has 1 aliphatic rings. The summed E-state index contributed by atoms with van der Waals surface area (Å²) in [6.45, 7) is 6.42. The third-order valence-electron chi connectivity index (χ3n) is 3.48. The lowest BCUT2D eigenvalue weighted by Crippen LogP contribution is -2.48. The molecule has 1 aromatic carbocycles. The largest absolute Gasteiger partial charge is 0.312 e. The van der Waals surface area contributed by atoms with E-state index in [0.29, 0.717) is 6.04 Å². The molecule has 1 aromatic heterocycles. The fraction of sp³-hybridized carbons (Fsp3) is 0.400. The zero-order valence-corrected chi connectivity index (χ0v) is 13.0. The second kappa shape index (κ2) is 6.22. The number of hydrogen-bond acceptors (Lipinski definition) is 4. The van der Waals surface area contributed by atoms with Crippen LogP contribution in [0.3, 0.4) is 0 Å². The minimum absolute atomic E-state index is 0.568. The van der Waals surface area contributed by atoms with E-state index in [-0.39, 0.29) is 0 Å². The Bertz CT molecular complexity index is 567. The van der Waals surface area contributed by atoms with Crippen molar-refractivity contribution in [3.8, 4) is 10.6 Å². The van der Waals surface area contributed by atoms with Crippen LogP contribution in [-0.2, 0) is 6.54 Å². The third kappa shape index (κ3) is 3.38. The van der Waals surface area contributed by atoms with Gasteiger partial charge in [-0.15, -0.1) is 11.3 Å². The van der Waals surface area contributed by atoms with Crippen LogP contribution in [0.4, 0.5) is 0 Å². The first-order valence-electron chi connectivity index (χ1n) is 6.87. The number of hydrogen-bond donors (Lipinski definition) is 1. The molecule has 3 nitrogen and oxygen atoms in total. The second-order valence-electron chi connectivity index (χ2n) is 5.24. The first-order chi connectivity index (χ1) is 9.70. The zero-order valence-electron chi connectivity index (χ0n) is 11.5. The Labute approximate surface area is 128 Å². The van der Waals surface area contributed by atoms with Gasteiger partial charge in [-0.3, -0.25) is 4.90 Å². The van der Waals surface area contributed by atoms with Crippen molar-refractivity contribution in [1.29, 1.82) is 0 Å². The predicted octanol–water partition coefficient (Wildman–Crippen LogP) is 3.26. The lowest BCUT2D eigenvalue weighted by molar-refractivity contribution is 0.198. The van der Waals surface area contributed by atoms with Crippen LogP contribution >= 0.6 is 22.9 Å². The summed E-state index contributed by atoms with van der Waals surface area (Å²) in [7, 11) is 0. The molecule has 0 spiro atoms. The van der Waals surface area contributed by atoms with Crippen LogP contribution in [0, 0.1) is 0 Å². The van der Waals surface area contributed by atoms with Gasteiger partial charge < -0.3 is 5.32 Å². The van der Waals surface area contributed by atoms with Crippen LogP contribution in [0.25, 0.3) is 10.6 Å². The van der Waals surface area contributed by atoms with Crippen LogP contribution in [-0.4, -0.2) is 35.6 Å². The molecule has 2 heterocycles. The van der Waals surface area contributed by atoms with E-state index in [1.807, 2.05) is 24.3 Å². The van der Waals surface area contributed by atoms with Gasteiger partial charge in [0.2, 0.25) is 0 Å². The SMILES string of the molecule is C[C@@H]1CN(Cc2csc(-c3ccc(Cl)cc3)n2)CCN1. The van der Waals surface area contributed by atoms with Gasteiger partial charge in [0.1, 0.15) is 5.01 Å². The van der Waals surface area contributed by atoms with Crippen molar-refractivity contribution < 1.29 is 0 Å². The summed E-state index contributed by atoms with van der Waals surface area (Å²) in [5, 5.41) is 7.46. The van der Waals surface area contributed by atoms with E-state index in [0.717, 1.165) is 47.5 Å². The summed E-state index contributed by atoms with van der Waals surface area (Å²) in [5.41, 5.74) is 2.30. The van der Waals surface area contributed by atoms with Gasteiger partial charge in [0.25, 0.3) is 0 Å². The molecule has 1 saturated heterocycles. The molecule has 0 bridgehead atoms. The lowest BCUT2D eigenvalue weighted by Gasteiger charge is -2.31. The van der Waals surface area contributed by atoms with Crippen LogP contribution in [0.15, 0.2) is 29.6 Å². The molecule has 5 heteroatoms. The second-order valence-corrected chi connectivity index (χ2v) is 6.54. The molecule has 0 amide bonds. The molecule has 1 aliphatic heterocycles. The van der Waals surface area contributed by atoms with E-state index in [1.54, 1.807) is 11.3 Å². The smallest absolute Gasteiger partial charge is 0.123 e. The van der Waals surface area contributed by atoms with Gasteiger partial charge in [-0.05, 0) is 19.1 Å². The molecule has 0 unspecified atom stereocenters. The Balaban J connectivity index is 1.69. The summed E-state index contributed by atoms with van der Waals surface area (Å²) in [6.07, 6.45) is 0. The summed E-state index contributed by atoms with van der Waals surface area (Å²) < 4.78 is 0. The molecular formula is C15H18ClN3S. The molecule has 1 atom stereocenters. The van der Waals surface area contributed by atoms with E-state index in [1.165, 1.54) is 0 Å². The van der Waals surface area contributed by atoms with E-state index in [4.69, 9.17) is 16.6 Å². The molecule has 0 aliphatic carbocycles. The van der Waals surface area contributed by atoms with Crippen molar-refractivity contribution in [1.82, 2.24) is 15.2 Å². The van der Waals surface area contributed by atoms with Gasteiger partial charge in [-0.2, -0.15) is 0 Å². The van der Waals surface area contributed by atoms with Crippen molar-refractivity contribution in [3.63, 3.8) is 0 Å². The standard InChI is InChI=1S/C15H18ClN3S/c1-11-8-19(7-6-17-11)9-14-10-20-15(18-14)12-2-4-13(16)5-3-12/h2-5,10-11,17H,6-9H2,1H3/t11-/m1/s1. The fourth-order valence-corrected chi connectivity index (χ4v) is 3.43. The van der Waals surface area contributed by atoms with Crippen molar-refractivity contribution in [3.05, 3.63) is 40.4 Å². The minimum atomic E-state index is 0.568. The van der Waals surface area contributed by atoms with Gasteiger partial charge in [0, 0.05) is 48.2 Å². The van der Waals surface area contributed by atoms with Gasteiger partial charge in [-0.25, -0.2) is 4.98 Å². The van der Waals surface area contributed by atoms with Crippen molar-refractivity contribution in [2.75, 3.05) is 19.6 Å². The molecule has 1 fully saturated rings. The molecule has 1 N–H and O–H groups in total. The Morgan fingerprint density at radius 2 is 2.20 bits per heavy atom. The molecule has 0 radical (unpaired) electrons. The fourth-order valence-electron chi connectivity index (χ4n) is 2.49. The maximum absolute atomic E-state index is 5.92. The van der Waals surface area contributed by atoms with Gasteiger partial charge >= 0.3 is 0 Å². The van der Waals surface area contributed by atoms with Gasteiger partial charge in [-0.1, -0.05) is 23.7 Å². The van der Waals surface area contributed by atoms with Crippen LogP contribution < -0.4 is 5.32 Å². The Morgan fingerprint density at radius 1 is 1.40 bits per heavy atom. The number of benzene rings is 1. The van der Waals surface area contributed by atoms with Gasteiger partial charge in [0.05, 0.1) is 5.69 Å². The van der Waals surface area contributed by atoms with Crippen LogP contribution in [0.1, 0.15) is 12.6 Å². The third-order valence-corrected chi connectivity index (χ3v) is 4.67. The number of aromatic nitrogens is 1. The molecule has 0 saturated carbocycles. The number of piperazine rings is 1. The molecular weight excluding hydrogens is 290 g/mol. The van der Waals surface area contributed by atoms with Crippen molar-refractivity contribution in [2.24, 2.45) is 0 Å². The number of rotatable bonds is 3. The van der Waals surface area contributed by atoms with E-state index in [2.05, 4.69) is 22.5 Å². The summed E-state index contributed by atoms with van der Waals surface area (Å²) in [6, 6.07) is 8.44. The maximum Gasteiger partial charge on any atom is 0.123 e. The predicted molar refractivity (Wildman–Crippen MR) is 85.3 cm³/mol. The first-order valence-corrected chi connectivity index (χ1v) is 8.12. The summed E-state index contributed by atoms with van der Waals surface area (Å²) in [5.74, 6) is 0. The molecule has 20 heavy (non-hydrogen) atoms. The summed E-state index contributed by atoms with van der Waals surface area (Å²) >= 11 is 7.62. The van der Waals surface area contributed by atoms with E-state index < -0.39 is 0 Å². The average molecular weight is 308 g/mol.